The van der Waals surface area contributed by atoms with Crippen LogP contribution in [0.1, 0.15) is 11.5 Å². The number of hydroxylamine groups is 1. The summed E-state index contributed by atoms with van der Waals surface area (Å²) in [7, 11) is 0. The molecular formula is C9H11NO3. The molecule has 0 radical (unpaired) electrons. The molecule has 1 rings (SSSR count). The third-order valence-corrected chi connectivity index (χ3v) is 1.81. The highest BCUT2D eigenvalue weighted by molar-refractivity contribution is 5.82. The molecule has 0 spiro atoms. The molecule has 3 N–H and O–H groups in total. The first kappa shape index (κ1) is 9.70. The minimum absolute atomic E-state index is 0.323. The number of hydrogen-bond acceptors (Lipinski definition) is 3. The molecule has 0 aliphatic rings. The number of rotatable bonds is 3. The molecule has 70 valence electrons. The number of carbonyl (C=O) groups is 1. The lowest BCUT2D eigenvalue weighted by Crippen LogP contribution is -2.28. The van der Waals surface area contributed by atoms with Gasteiger partial charge in [0.25, 0.3) is 5.91 Å². The van der Waals surface area contributed by atoms with E-state index in [1.807, 2.05) is 6.07 Å². The molecule has 0 aliphatic heterocycles. The van der Waals surface area contributed by atoms with Crippen LogP contribution in [0.5, 0.6) is 0 Å². The van der Waals surface area contributed by atoms with Gasteiger partial charge in [-0.15, -0.1) is 0 Å². The molecule has 1 atom stereocenters. The predicted molar refractivity (Wildman–Crippen MR) is 46.2 cm³/mol. The van der Waals surface area contributed by atoms with Crippen LogP contribution in [-0.2, 0) is 4.79 Å². The van der Waals surface area contributed by atoms with E-state index in [-0.39, 0.29) is 6.61 Å². The van der Waals surface area contributed by atoms with Crippen molar-refractivity contribution < 1.29 is 15.1 Å². The van der Waals surface area contributed by atoms with Gasteiger partial charge in [-0.25, -0.2) is 5.48 Å². The first-order valence-corrected chi connectivity index (χ1v) is 3.89. The number of hydrogen-bond donors (Lipinski definition) is 3. The molecule has 0 fully saturated rings. The summed E-state index contributed by atoms with van der Waals surface area (Å²) < 4.78 is 0. The lowest BCUT2D eigenvalue weighted by Gasteiger charge is -2.11. The average Bonchev–Trinajstić information content (AvgIpc) is 2.20. The van der Waals surface area contributed by atoms with Crippen molar-refractivity contribution >= 4 is 5.91 Å². The average molecular weight is 181 g/mol. The van der Waals surface area contributed by atoms with Gasteiger partial charge in [-0.3, -0.25) is 10.0 Å². The summed E-state index contributed by atoms with van der Waals surface area (Å²) in [6.07, 6.45) is 0. The molecule has 4 heteroatoms. The Kier molecular flexibility index (Phi) is 3.42. The molecule has 0 aliphatic carbocycles. The second-order valence-corrected chi connectivity index (χ2v) is 2.62. The number of carbonyl (C=O) groups excluding carboxylic acids is 1. The maximum absolute atomic E-state index is 11.0. The molecule has 1 aromatic carbocycles. The van der Waals surface area contributed by atoms with Crippen molar-refractivity contribution in [2.24, 2.45) is 0 Å². The van der Waals surface area contributed by atoms with Crippen LogP contribution in [0.3, 0.4) is 0 Å². The summed E-state index contributed by atoms with van der Waals surface area (Å²) in [5.74, 6) is -1.31. The zero-order valence-corrected chi connectivity index (χ0v) is 6.97. The van der Waals surface area contributed by atoms with Crippen molar-refractivity contribution in [1.29, 1.82) is 0 Å². The summed E-state index contributed by atoms with van der Waals surface area (Å²) in [4.78, 5) is 11.0. The Hall–Kier alpha value is -1.39. The second kappa shape index (κ2) is 4.59. The van der Waals surface area contributed by atoms with Gasteiger partial charge < -0.3 is 5.11 Å². The Bertz CT molecular complexity index is 273. The molecular weight excluding hydrogens is 170 g/mol. The van der Waals surface area contributed by atoms with Crippen molar-refractivity contribution in [3.63, 3.8) is 0 Å². The zero-order chi connectivity index (χ0) is 9.68. The number of nitrogens with one attached hydrogen (secondary N) is 1. The zero-order valence-electron chi connectivity index (χ0n) is 6.97. The molecule has 0 bridgehead atoms. The summed E-state index contributed by atoms with van der Waals surface area (Å²) >= 11 is 0. The fourth-order valence-electron chi connectivity index (χ4n) is 1.10. The van der Waals surface area contributed by atoms with Gasteiger partial charge in [-0.1, -0.05) is 30.3 Å². The summed E-state index contributed by atoms with van der Waals surface area (Å²) in [6.45, 7) is -0.323. The van der Waals surface area contributed by atoms with Crippen LogP contribution in [0.2, 0.25) is 0 Å². The standard InChI is InChI=1S/C9H11NO3/c11-6-8(9(12)10-13)7-4-2-1-3-5-7/h1-5,8,11,13H,6H2,(H,10,12). The lowest BCUT2D eigenvalue weighted by molar-refractivity contribution is -0.131. The van der Waals surface area contributed by atoms with Gasteiger partial charge in [0, 0.05) is 0 Å². The van der Waals surface area contributed by atoms with E-state index in [4.69, 9.17) is 10.3 Å². The quantitative estimate of drug-likeness (QED) is 0.463. The lowest BCUT2D eigenvalue weighted by atomic mass is 10.00. The third-order valence-electron chi connectivity index (χ3n) is 1.81. The van der Waals surface area contributed by atoms with Crippen LogP contribution in [-0.4, -0.2) is 22.8 Å². The van der Waals surface area contributed by atoms with Gasteiger partial charge in [0.2, 0.25) is 0 Å². The van der Waals surface area contributed by atoms with Crippen molar-refractivity contribution in [1.82, 2.24) is 5.48 Å². The van der Waals surface area contributed by atoms with Gasteiger partial charge in [0.15, 0.2) is 0 Å². The third kappa shape index (κ3) is 2.27. The van der Waals surface area contributed by atoms with Crippen LogP contribution in [0, 0.1) is 0 Å². The molecule has 0 heterocycles. The van der Waals surface area contributed by atoms with Gasteiger partial charge in [0.1, 0.15) is 0 Å². The topological polar surface area (TPSA) is 69.6 Å². The van der Waals surface area contributed by atoms with E-state index in [0.717, 1.165) is 0 Å². The van der Waals surface area contributed by atoms with E-state index in [1.54, 1.807) is 24.3 Å². The summed E-state index contributed by atoms with van der Waals surface area (Å²) in [6, 6.07) is 8.78. The van der Waals surface area contributed by atoms with Crippen LogP contribution < -0.4 is 5.48 Å². The van der Waals surface area contributed by atoms with Crippen molar-refractivity contribution in [3.05, 3.63) is 35.9 Å². The Labute approximate surface area is 75.8 Å². The number of aliphatic hydroxyl groups is 1. The van der Waals surface area contributed by atoms with Crippen LogP contribution in [0.4, 0.5) is 0 Å². The SMILES string of the molecule is O=C(NO)C(CO)c1ccccc1. The maximum atomic E-state index is 11.0. The Morgan fingerprint density at radius 2 is 2.00 bits per heavy atom. The van der Waals surface area contributed by atoms with Crippen molar-refractivity contribution in [2.75, 3.05) is 6.61 Å². The molecule has 4 nitrogen and oxygen atoms in total. The first-order valence-electron chi connectivity index (χ1n) is 3.89. The second-order valence-electron chi connectivity index (χ2n) is 2.62. The Balaban J connectivity index is 2.85. The summed E-state index contributed by atoms with van der Waals surface area (Å²) in [5.41, 5.74) is 2.19. The predicted octanol–water partition coefficient (Wildman–Crippen LogP) is 0.268. The molecule has 13 heavy (non-hydrogen) atoms. The van der Waals surface area contributed by atoms with Crippen LogP contribution in [0.15, 0.2) is 30.3 Å². The monoisotopic (exact) mass is 181 g/mol. The van der Waals surface area contributed by atoms with E-state index >= 15 is 0 Å². The van der Waals surface area contributed by atoms with E-state index in [2.05, 4.69) is 0 Å². The molecule has 1 unspecified atom stereocenters. The van der Waals surface area contributed by atoms with Crippen LogP contribution >= 0.6 is 0 Å². The van der Waals surface area contributed by atoms with Crippen molar-refractivity contribution in [3.8, 4) is 0 Å². The van der Waals surface area contributed by atoms with Gasteiger partial charge >= 0.3 is 0 Å². The fourth-order valence-corrected chi connectivity index (χ4v) is 1.10. The number of benzene rings is 1. The number of amides is 1. The van der Waals surface area contributed by atoms with E-state index in [0.29, 0.717) is 5.56 Å². The number of aliphatic hydroxyl groups excluding tert-OH is 1. The Morgan fingerprint density at radius 3 is 2.46 bits per heavy atom. The first-order chi connectivity index (χ1) is 6.29. The minimum Gasteiger partial charge on any atom is -0.395 e. The normalized spacial score (nSPS) is 12.2. The molecule has 1 amide bonds. The summed E-state index contributed by atoms with van der Waals surface area (Å²) in [5, 5.41) is 17.3. The maximum Gasteiger partial charge on any atom is 0.253 e. The molecule has 0 saturated heterocycles. The largest absolute Gasteiger partial charge is 0.395 e. The van der Waals surface area contributed by atoms with Gasteiger partial charge in [-0.05, 0) is 5.56 Å². The molecule has 1 aromatic rings. The smallest absolute Gasteiger partial charge is 0.253 e. The van der Waals surface area contributed by atoms with E-state index in [9.17, 15) is 4.79 Å². The highest BCUT2D eigenvalue weighted by Crippen LogP contribution is 2.14. The highest BCUT2D eigenvalue weighted by Gasteiger charge is 2.18. The van der Waals surface area contributed by atoms with E-state index < -0.39 is 11.8 Å². The highest BCUT2D eigenvalue weighted by atomic mass is 16.5. The van der Waals surface area contributed by atoms with Gasteiger partial charge in [-0.2, -0.15) is 0 Å². The molecule has 0 saturated carbocycles. The van der Waals surface area contributed by atoms with Crippen molar-refractivity contribution in [2.45, 2.75) is 5.92 Å². The van der Waals surface area contributed by atoms with Crippen LogP contribution in [0.25, 0.3) is 0 Å². The minimum atomic E-state index is -0.703. The Morgan fingerprint density at radius 1 is 1.38 bits per heavy atom. The fraction of sp³-hybridized carbons (Fsp3) is 0.222. The van der Waals surface area contributed by atoms with Gasteiger partial charge in [0.05, 0.1) is 12.5 Å². The molecule has 0 aromatic heterocycles. The van der Waals surface area contributed by atoms with E-state index in [1.165, 1.54) is 5.48 Å².